The molecule has 0 amide bonds. The van der Waals surface area contributed by atoms with Gasteiger partial charge in [0.2, 0.25) is 0 Å². The first-order valence-corrected chi connectivity index (χ1v) is 6.27. The van der Waals surface area contributed by atoms with Crippen molar-refractivity contribution in [3.05, 3.63) is 54.1 Å². The zero-order valence-electron chi connectivity index (χ0n) is 10.6. The van der Waals surface area contributed by atoms with Crippen molar-refractivity contribution in [1.29, 1.82) is 0 Å². The molecular weight excluding hydrogens is 301 g/mol. The smallest absolute Gasteiger partial charge is 0.406 e. The molecule has 0 aliphatic heterocycles. The number of thiocarbonyl (C=S) groups is 1. The third-order valence-corrected chi connectivity index (χ3v) is 2.78. The summed E-state index contributed by atoms with van der Waals surface area (Å²) in [5, 5.41) is 3.04. The Labute approximate surface area is 124 Å². The predicted octanol–water partition coefficient (Wildman–Crippen LogP) is 3.96. The lowest BCUT2D eigenvalue weighted by molar-refractivity contribution is -0.274. The van der Waals surface area contributed by atoms with Gasteiger partial charge in [-0.15, -0.1) is 13.2 Å². The first-order chi connectivity index (χ1) is 9.85. The summed E-state index contributed by atoms with van der Waals surface area (Å²) in [6.07, 6.45) is -4.70. The molecule has 0 fully saturated rings. The summed E-state index contributed by atoms with van der Waals surface area (Å²) in [7, 11) is 0. The average molecular weight is 312 g/mol. The van der Waals surface area contributed by atoms with Gasteiger partial charge in [0.15, 0.2) is 0 Å². The number of hydrogen-bond donors (Lipinski definition) is 2. The minimum atomic E-state index is -4.70. The lowest BCUT2D eigenvalue weighted by atomic mass is 10.1. The van der Waals surface area contributed by atoms with Crippen LogP contribution in [-0.4, -0.2) is 11.4 Å². The quantitative estimate of drug-likeness (QED) is 0.839. The molecule has 0 unspecified atom stereocenters. The van der Waals surface area contributed by atoms with E-state index in [2.05, 4.69) is 10.1 Å². The largest absolute Gasteiger partial charge is 0.573 e. The van der Waals surface area contributed by atoms with E-state index >= 15 is 0 Å². The number of rotatable bonds is 4. The highest BCUT2D eigenvalue weighted by atomic mass is 32.1. The summed E-state index contributed by atoms with van der Waals surface area (Å²) in [5.74, 6) is -0.282. The summed E-state index contributed by atoms with van der Waals surface area (Å²) < 4.78 is 40.0. The van der Waals surface area contributed by atoms with Crippen LogP contribution in [0.3, 0.4) is 0 Å². The second kappa shape index (κ2) is 6.01. The standard InChI is InChI=1S/C14H11F3N2OS/c15-14(16,17)20-10-7-5-9(6-8-10)19-12-4-2-1-3-11(12)13(18)21/h1-8,19H,(H2,18,21). The van der Waals surface area contributed by atoms with Crippen LogP contribution >= 0.6 is 12.2 Å². The predicted molar refractivity (Wildman–Crippen MR) is 78.7 cm³/mol. The highest BCUT2D eigenvalue weighted by Gasteiger charge is 2.30. The minimum absolute atomic E-state index is 0.232. The molecular formula is C14H11F3N2OS. The number of nitrogens with one attached hydrogen (secondary N) is 1. The molecule has 2 aromatic rings. The number of halogens is 3. The molecule has 110 valence electrons. The maximum Gasteiger partial charge on any atom is 0.573 e. The van der Waals surface area contributed by atoms with Crippen molar-refractivity contribution in [3.63, 3.8) is 0 Å². The molecule has 2 aromatic carbocycles. The molecule has 0 atom stereocenters. The Morgan fingerprint density at radius 3 is 2.24 bits per heavy atom. The van der Waals surface area contributed by atoms with Gasteiger partial charge in [-0.05, 0) is 36.4 Å². The average Bonchev–Trinajstić information content (AvgIpc) is 2.40. The Morgan fingerprint density at radius 2 is 1.67 bits per heavy atom. The molecule has 0 heterocycles. The first kappa shape index (κ1) is 15.1. The molecule has 3 N–H and O–H groups in total. The van der Waals surface area contributed by atoms with Gasteiger partial charge in [-0.2, -0.15) is 0 Å². The minimum Gasteiger partial charge on any atom is -0.406 e. The van der Waals surface area contributed by atoms with E-state index in [9.17, 15) is 13.2 Å². The van der Waals surface area contributed by atoms with Gasteiger partial charge in [0.05, 0.1) is 0 Å². The van der Waals surface area contributed by atoms with Crippen LogP contribution in [0.25, 0.3) is 0 Å². The van der Waals surface area contributed by atoms with E-state index in [-0.39, 0.29) is 10.7 Å². The zero-order chi connectivity index (χ0) is 15.5. The lowest BCUT2D eigenvalue weighted by Gasteiger charge is -2.12. The van der Waals surface area contributed by atoms with Crippen molar-refractivity contribution in [2.45, 2.75) is 6.36 Å². The topological polar surface area (TPSA) is 47.3 Å². The monoisotopic (exact) mass is 312 g/mol. The second-order valence-electron chi connectivity index (χ2n) is 4.11. The van der Waals surface area contributed by atoms with Crippen LogP contribution in [0.1, 0.15) is 5.56 Å². The Hall–Kier alpha value is -2.28. The summed E-state index contributed by atoms with van der Waals surface area (Å²) in [5.41, 5.74) is 7.53. The van der Waals surface area contributed by atoms with E-state index in [4.69, 9.17) is 18.0 Å². The van der Waals surface area contributed by atoms with Gasteiger partial charge in [0.25, 0.3) is 0 Å². The number of para-hydroxylation sites is 1. The van der Waals surface area contributed by atoms with Crippen LogP contribution in [0.2, 0.25) is 0 Å². The highest BCUT2D eigenvalue weighted by Crippen LogP contribution is 2.26. The molecule has 2 rings (SSSR count). The first-order valence-electron chi connectivity index (χ1n) is 5.87. The maximum absolute atomic E-state index is 12.1. The van der Waals surface area contributed by atoms with E-state index in [1.54, 1.807) is 24.3 Å². The van der Waals surface area contributed by atoms with Gasteiger partial charge >= 0.3 is 6.36 Å². The van der Waals surface area contributed by atoms with Gasteiger partial charge in [-0.1, -0.05) is 24.4 Å². The molecule has 0 spiro atoms. The number of ether oxygens (including phenoxy) is 1. The number of benzene rings is 2. The van der Waals surface area contributed by atoms with Crippen LogP contribution in [-0.2, 0) is 0 Å². The van der Waals surface area contributed by atoms with Crippen molar-refractivity contribution >= 4 is 28.6 Å². The number of hydrogen-bond acceptors (Lipinski definition) is 3. The molecule has 3 nitrogen and oxygen atoms in total. The molecule has 0 saturated heterocycles. The van der Waals surface area contributed by atoms with Crippen LogP contribution in [0.4, 0.5) is 24.5 Å². The van der Waals surface area contributed by atoms with E-state index < -0.39 is 6.36 Å². The Kier molecular flexibility index (Phi) is 4.32. The molecule has 21 heavy (non-hydrogen) atoms. The lowest BCUT2D eigenvalue weighted by Crippen LogP contribution is -2.17. The van der Waals surface area contributed by atoms with Gasteiger partial charge in [0.1, 0.15) is 10.7 Å². The maximum atomic E-state index is 12.1. The third-order valence-electron chi connectivity index (χ3n) is 2.56. The molecule has 0 bridgehead atoms. The summed E-state index contributed by atoms with van der Waals surface area (Å²) >= 11 is 4.94. The van der Waals surface area contributed by atoms with Crippen molar-refractivity contribution in [3.8, 4) is 5.75 Å². The molecule has 0 radical (unpaired) electrons. The number of anilines is 2. The Bertz CT molecular complexity index is 641. The molecule has 0 saturated carbocycles. The van der Waals surface area contributed by atoms with Gasteiger partial charge in [0, 0.05) is 16.9 Å². The van der Waals surface area contributed by atoms with Crippen molar-refractivity contribution in [2.75, 3.05) is 5.32 Å². The van der Waals surface area contributed by atoms with Gasteiger partial charge in [-0.3, -0.25) is 0 Å². The number of nitrogens with two attached hydrogens (primary N) is 1. The fourth-order valence-electron chi connectivity index (χ4n) is 1.70. The van der Waals surface area contributed by atoms with Crippen LogP contribution in [0, 0.1) is 0 Å². The van der Waals surface area contributed by atoms with Gasteiger partial charge < -0.3 is 15.8 Å². The molecule has 7 heteroatoms. The Balaban J connectivity index is 2.16. The van der Waals surface area contributed by atoms with Crippen molar-refractivity contribution < 1.29 is 17.9 Å². The SMILES string of the molecule is NC(=S)c1ccccc1Nc1ccc(OC(F)(F)F)cc1. The number of alkyl halides is 3. The molecule has 0 aromatic heterocycles. The molecule has 0 aliphatic carbocycles. The fraction of sp³-hybridized carbons (Fsp3) is 0.0714. The normalized spacial score (nSPS) is 11.0. The second-order valence-corrected chi connectivity index (χ2v) is 4.55. The summed E-state index contributed by atoms with van der Waals surface area (Å²) in [6.45, 7) is 0. The molecule has 0 aliphatic rings. The van der Waals surface area contributed by atoms with E-state index in [0.717, 1.165) is 0 Å². The van der Waals surface area contributed by atoms with E-state index in [1.807, 2.05) is 0 Å². The van der Waals surface area contributed by atoms with Crippen LogP contribution < -0.4 is 15.8 Å². The highest BCUT2D eigenvalue weighted by molar-refractivity contribution is 7.80. The van der Waals surface area contributed by atoms with E-state index in [0.29, 0.717) is 16.9 Å². The van der Waals surface area contributed by atoms with Crippen molar-refractivity contribution in [2.24, 2.45) is 5.73 Å². The third kappa shape index (κ3) is 4.35. The van der Waals surface area contributed by atoms with E-state index in [1.165, 1.54) is 24.3 Å². The summed E-state index contributed by atoms with van der Waals surface area (Å²) in [4.78, 5) is 0.232. The fourth-order valence-corrected chi connectivity index (χ4v) is 1.88. The Morgan fingerprint density at radius 1 is 1.05 bits per heavy atom. The van der Waals surface area contributed by atoms with Crippen LogP contribution in [0.15, 0.2) is 48.5 Å². The zero-order valence-corrected chi connectivity index (χ0v) is 11.5. The van der Waals surface area contributed by atoms with Crippen molar-refractivity contribution in [1.82, 2.24) is 0 Å². The van der Waals surface area contributed by atoms with Gasteiger partial charge in [-0.25, -0.2) is 0 Å². The summed E-state index contributed by atoms with van der Waals surface area (Å²) in [6, 6.07) is 12.5. The van der Waals surface area contributed by atoms with Crippen LogP contribution in [0.5, 0.6) is 5.75 Å².